The molecule has 0 saturated carbocycles. The number of carboxylic acid groups (broad SMARTS) is 1. The molecule has 1 saturated heterocycles. The smallest absolute Gasteiger partial charge is 0.410 e. The van der Waals surface area contributed by atoms with Gasteiger partial charge in [-0.1, -0.05) is 16.7 Å². The van der Waals surface area contributed by atoms with Gasteiger partial charge in [-0.15, -0.1) is 16.4 Å². The number of hydrogen-bond donors (Lipinski definition) is 2. The number of amides is 2. The lowest BCUT2D eigenvalue weighted by molar-refractivity contribution is -0.135. The summed E-state index contributed by atoms with van der Waals surface area (Å²) in [5.74, 6) is -0.999. The molecule has 11 nitrogen and oxygen atoms in total. The lowest BCUT2D eigenvalue weighted by Crippen LogP contribution is -2.42. The zero-order chi connectivity index (χ0) is 25.8. The van der Waals surface area contributed by atoms with Gasteiger partial charge >= 0.3 is 18.1 Å². The average Bonchev–Trinajstić information content (AvgIpc) is 3.41. The maximum atomic E-state index is 12.8. The second-order valence-electron chi connectivity index (χ2n) is 9.45. The maximum Gasteiger partial charge on any atom is 0.410 e. The maximum absolute atomic E-state index is 12.8. The molecule has 3 heterocycles. The summed E-state index contributed by atoms with van der Waals surface area (Å²) in [5, 5.41) is 20.0. The van der Waals surface area contributed by atoms with Crippen molar-refractivity contribution in [1.29, 1.82) is 0 Å². The summed E-state index contributed by atoms with van der Waals surface area (Å²) in [7, 11) is 1.53. The Labute approximate surface area is 212 Å². The van der Waals surface area contributed by atoms with Gasteiger partial charge in [-0.05, 0) is 58.1 Å². The third-order valence-corrected chi connectivity index (χ3v) is 6.59. The number of likely N-dealkylation sites (N-methyl/N-ethyl adjacent to an activating group) is 1. The van der Waals surface area contributed by atoms with Gasteiger partial charge < -0.3 is 29.4 Å². The van der Waals surface area contributed by atoms with Crippen LogP contribution in [0.4, 0.5) is 10.8 Å². The average molecular weight is 528 g/mol. The van der Waals surface area contributed by atoms with Gasteiger partial charge in [0.2, 0.25) is 5.89 Å². The first-order valence-electron chi connectivity index (χ1n) is 11.2. The number of hydrogen-bond acceptors (Lipinski definition) is 9. The third kappa shape index (κ3) is 7.82. The van der Waals surface area contributed by atoms with Crippen LogP contribution in [-0.4, -0.2) is 70.5 Å². The summed E-state index contributed by atoms with van der Waals surface area (Å²) in [6, 6.07) is 2.73. The second-order valence-corrected chi connectivity index (χ2v) is 11.2. The molecule has 35 heavy (non-hydrogen) atoms. The van der Waals surface area contributed by atoms with E-state index in [1.807, 2.05) is 20.8 Å². The Morgan fingerprint density at radius 3 is 2.57 bits per heavy atom. The highest BCUT2D eigenvalue weighted by atomic mass is 35.5. The Balaban J connectivity index is 1.69. The minimum absolute atomic E-state index is 0.0422. The molecule has 0 radical (unpaired) electrons. The fourth-order valence-electron chi connectivity index (χ4n) is 3.69. The van der Waals surface area contributed by atoms with Crippen LogP contribution < -0.4 is 10.2 Å². The van der Waals surface area contributed by atoms with Gasteiger partial charge in [0.05, 0.1) is 9.21 Å². The molecule has 1 unspecified atom stereocenters. The molecule has 1 aliphatic heterocycles. The quantitative estimate of drug-likeness (QED) is 0.524. The molecule has 0 aliphatic carbocycles. The van der Waals surface area contributed by atoms with Gasteiger partial charge in [0.1, 0.15) is 18.2 Å². The van der Waals surface area contributed by atoms with Crippen molar-refractivity contribution in [3.63, 3.8) is 0 Å². The van der Waals surface area contributed by atoms with Gasteiger partial charge in [0, 0.05) is 20.1 Å². The van der Waals surface area contributed by atoms with Crippen molar-refractivity contribution >= 4 is 46.9 Å². The fourth-order valence-corrected chi connectivity index (χ4v) is 4.64. The van der Waals surface area contributed by atoms with Crippen LogP contribution in [0.5, 0.6) is 0 Å². The number of thiophene rings is 1. The number of ether oxygens (including phenoxy) is 1. The van der Waals surface area contributed by atoms with E-state index < -0.39 is 17.6 Å². The van der Waals surface area contributed by atoms with E-state index in [-0.39, 0.29) is 36.4 Å². The van der Waals surface area contributed by atoms with Crippen LogP contribution in [0.3, 0.4) is 0 Å². The zero-order valence-corrected chi connectivity index (χ0v) is 21.7. The van der Waals surface area contributed by atoms with Crippen molar-refractivity contribution < 1.29 is 28.6 Å². The number of nitrogens with one attached hydrogen (secondary N) is 1. The predicted octanol–water partition coefficient (Wildman–Crippen LogP) is 3.81. The van der Waals surface area contributed by atoms with E-state index in [1.54, 1.807) is 17.0 Å². The number of aromatic nitrogens is 2. The number of carbonyl (C=O) groups is 3. The van der Waals surface area contributed by atoms with E-state index in [0.29, 0.717) is 28.7 Å². The van der Waals surface area contributed by atoms with Crippen molar-refractivity contribution in [3.8, 4) is 0 Å². The predicted molar refractivity (Wildman–Crippen MR) is 130 cm³/mol. The Morgan fingerprint density at radius 1 is 1.31 bits per heavy atom. The van der Waals surface area contributed by atoms with Gasteiger partial charge in [0.25, 0.3) is 5.91 Å². The van der Waals surface area contributed by atoms with E-state index >= 15 is 0 Å². The van der Waals surface area contributed by atoms with Crippen LogP contribution in [0.25, 0.3) is 0 Å². The van der Waals surface area contributed by atoms with Crippen LogP contribution in [0.15, 0.2) is 16.5 Å². The molecule has 1 atom stereocenters. The molecular formula is C22H30ClN5O6S. The van der Waals surface area contributed by atoms with Crippen molar-refractivity contribution in [2.24, 2.45) is 5.92 Å². The fraction of sp³-hybridized carbons (Fsp3) is 0.591. The van der Waals surface area contributed by atoms with Crippen LogP contribution >= 0.6 is 22.9 Å². The Morgan fingerprint density at radius 2 is 2.00 bits per heavy atom. The number of carboxylic acids is 1. The summed E-state index contributed by atoms with van der Waals surface area (Å²) >= 11 is 7.13. The van der Waals surface area contributed by atoms with E-state index in [0.717, 1.165) is 24.2 Å². The summed E-state index contributed by atoms with van der Waals surface area (Å²) in [6.07, 6.45) is 1.61. The molecule has 2 aromatic heterocycles. The van der Waals surface area contributed by atoms with E-state index in [1.165, 1.54) is 11.9 Å². The van der Waals surface area contributed by atoms with Crippen molar-refractivity contribution in [2.45, 2.75) is 51.7 Å². The minimum atomic E-state index is -1.04. The molecule has 1 fully saturated rings. The molecule has 0 spiro atoms. The van der Waals surface area contributed by atoms with Crippen molar-refractivity contribution in [2.75, 3.05) is 31.6 Å². The molecule has 3 rings (SSSR count). The van der Waals surface area contributed by atoms with E-state index in [2.05, 4.69) is 15.5 Å². The third-order valence-electron chi connectivity index (χ3n) is 5.36. The number of aliphatic carboxylic acids is 1. The first-order valence-corrected chi connectivity index (χ1v) is 12.4. The van der Waals surface area contributed by atoms with Crippen LogP contribution in [0.2, 0.25) is 4.34 Å². The van der Waals surface area contributed by atoms with Crippen LogP contribution in [0.1, 0.15) is 61.6 Å². The summed E-state index contributed by atoms with van der Waals surface area (Å²) in [6.45, 7) is 6.26. The molecule has 0 bridgehead atoms. The van der Waals surface area contributed by atoms with Crippen LogP contribution in [0, 0.1) is 5.92 Å². The molecule has 1 aliphatic rings. The minimum Gasteiger partial charge on any atom is -0.480 e. The normalized spacial score (nSPS) is 15.5. The number of rotatable bonds is 8. The number of halogens is 1. The highest BCUT2D eigenvalue weighted by Gasteiger charge is 2.31. The van der Waals surface area contributed by atoms with Gasteiger partial charge in [-0.2, -0.15) is 0 Å². The first-order chi connectivity index (χ1) is 16.4. The number of carbonyl (C=O) groups excluding carboxylic acids is 2. The van der Waals surface area contributed by atoms with Crippen molar-refractivity contribution in [1.82, 2.24) is 20.4 Å². The molecule has 192 valence electrons. The lowest BCUT2D eigenvalue weighted by atomic mass is 9.90. The second kappa shape index (κ2) is 11.3. The SMILES string of the molecule is CN(CC(=O)O)c1nnc(C(CC2CCN(C(=O)OC(C)(C)C)CC2)NC(=O)c2ccc(Cl)s2)o1. The van der Waals surface area contributed by atoms with E-state index in [9.17, 15) is 14.4 Å². The largest absolute Gasteiger partial charge is 0.480 e. The number of likely N-dealkylation sites (tertiary alicyclic amines) is 1. The highest BCUT2D eigenvalue weighted by Crippen LogP contribution is 2.30. The Bertz CT molecular complexity index is 1040. The molecule has 2 aromatic rings. The monoisotopic (exact) mass is 527 g/mol. The molecular weight excluding hydrogens is 498 g/mol. The van der Waals surface area contributed by atoms with E-state index in [4.69, 9.17) is 25.9 Å². The number of nitrogens with zero attached hydrogens (tertiary/aromatic N) is 4. The van der Waals surface area contributed by atoms with Crippen LogP contribution in [-0.2, 0) is 9.53 Å². The summed E-state index contributed by atoms with van der Waals surface area (Å²) in [5.41, 5.74) is -0.558. The molecule has 2 N–H and O–H groups in total. The standard InChI is InChI=1S/C22H30ClN5O6S/c1-22(2,3)34-21(32)28-9-7-13(8-10-28)11-14(24-18(31)15-5-6-16(23)35-15)19-25-26-20(33-19)27(4)12-17(29)30/h5-6,13-14H,7-12H2,1-4H3,(H,24,31)(H,29,30). The number of anilines is 1. The highest BCUT2D eigenvalue weighted by molar-refractivity contribution is 7.18. The zero-order valence-electron chi connectivity index (χ0n) is 20.1. The molecule has 2 amide bonds. The van der Waals surface area contributed by atoms with Gasteiger partial charge in [0.15, 0.2) is 0 Å². The Hall–Kier alpha value is -2.86. The summed E-state index contributed by atoms with van der Waals surface area (Å²) in [4.78, 5) is 39.7. The lowest BCUT2D eigenvalue weighted by Gasteiger charge is -2.34. The topological polar surface area (TPSA) is 138 Å². The first kappa shape index (κ1) is 26.7. The van der Waals surface area contributed by atoms with Crippen molar-refractivity contribution in [3.05, 3.63) is 27.2 Å². The van der Waals surface area contributed by atoms with Gasteiger partial charge in [-0.25, -0.2) is 4.79 Å². The van der Waals surface area contributed by atoms with Gasteiger partial charge in [-0.3, -0.25) is 9.59 Å². The molecule has 13 heteroatoms. The Kier molecular flexibility index (Phi) is 8.60. The number of piperidine rings is 1. The summed E-state index contributed by atoms with van der Waals surface area (Å²) < 4.78 is 11.7. The molecule has 0 aromatic carbocycles.